The maximum atomic E-state index is 8.88. The Kier molecular flexibility index (Phi) is 34.2. The van der Waals surface area contributed by atoms with Gasteiger partial charge in [-0.25, -0.2) is 4.57 Å². The molecule has 0 radical (unpaired) electrons. The van der Waals surface area contributed by atoms with Gasteiger partial charge in [-0.3, -0.25) is 9.68 Å². The van der Waals surface area contributed by atoms with Crippen LogP contribution in [0.2, 0.25) is 0 Å². The lowest BCUT2D eigenvalue weighted by atomic mass is 10.1. The lowest BCUT2D eigenvalue weighted by Gasteiger charge is -2.20. The third-order valence-electron chi connectivity index (χ3n) is 3.76. The van der Waals surface area contributed by atoms with Crippen molar-refractivity contribution in [3.05, 3.63) is 0 Å². The molecule has 0 spiro atoms. The molecule has 0 aliphatic carbocycles. The molecular weight excluding hydrogens is 429 g/mol. The molecular formula is C20H48NO9P. The Morgan fingerprint density at radius 1 is 0.677 bits per heavy atom. The zero-order valence-corrected chi connectivity index (χ0v) is 20.7. The molecule has 0 heterocycles. The molecule has 11 heteroatoms. The maximum absolute atomic E-state index is 8.88. The van der Waals surface area contributed by atoms with Crippen molar-refractivity contribution in [2.45, 2.75) is 85.0 Å². The highest BCUT2D eigenvalue weighted by Gasteiger charge is 2.05. The van der Waals surface area contributed by atoms with Crippen molar-refractivity contribution in [3.63, 3.8) is 0 Å². The molecule has 5 N–H and O–H groups in total. The Bertz CT molecular complexity index is 341. The lowest BCUT2D eigenvalue weighted by molar-refractivity contribution is -0.371. The van der Waals surface area contributed by atoms with E-state index in [1.54, 1.807) is 0 Å². The predicted octanol–water partition coefficient (Wildman–Crippen LogP) is 3.17. The third kappa shape index (κ3) is 48.5. The average Bonchev–Trinajstić information content (AvgIpc) is 2.70. The van der Waals surface area contributed by atoms with Gasteiger partial charge in [0, 0.05) is 13.2 Å². The molecule has 192 valence electrons. The Morgan fingerprint density at radius 3 is 1.32 bits per heavy atom. The Labute approximate surface area is 188 Å². The molecule has 0 unspecified atom stereocenters. The summed E-state index contributed by atoms with van der Waals surface area (Å²) < 4.78 is 13.7. The molecule has 0 bridgehead atoms. The van der Waals surface area contributed by atoms with E-state index < -0.39 is 7.82 Å². The fourth-order valence-corrected chi connectivity index (χ4v) is 2.38. The lowest BCUT2D eigenvalue weighted by Crippen LogP contribution is -2.28. The first-order valence-corrected chi connectivity index (χ1v) is 12.9. The van der Waals surface area contributed by atoms with Crippen LogP contribution >= 0.6 is 7.82 Å². The quantitative estimate of drug-likeness (QED) is 0.107. The minimum absolute atomic E-state index is 0.0307. The number of hydrogen-bond donors (Lipinski definition) is 5. The van der Waals surface area contributed by atoms with Crippen LogP contribution in [0.15, 0.2) is 0 Å². The number of ether oxygens (including phenoxy) is 1. The van der Waals surface area contributed by atoms with Crippen LogP contribution in [0.4, 0.5) is 0 Å². The van der Waals surface area contributed by atoms with E-state index in [-0.39, 0.29) is 26.4 Å². The van der Waals surface area contributed by atoms with Crippen molar-refractivity contribution in [1.82, 2.24) is 5.23 Å². The van der Waals surface area contributed by atoms with Gasteiger partial charge in [-0.05, 0) is 20.3 Å². The molecule has 0 aromatic rings. The minimum atomic E-state index is -4.64. The molecule has 0 aliphatic rings. The van der Waals surface area contributed by atoms with E-state index in [1.807, 2.05) is 13.8 Å². The summed E-state index contributed by atoms with van der Waals surface area (Å²) in [7, 11) is -4.64. The fourth-order valence-electron chi connectivity index (χ4n) is 2.38. The highest BCUT2D eigenvalue weighted by atomic mass is 31.2. The monoisotopic (exact) mass is 477 g/mol. The standard InChI is InChI=1S/C16H35NO4.C4H10O.H3O4P/c1-2-3-4-5-6-7-8-9-10-11-12-17(20-15-13-18)21-16-14-19;1-3-5-4-2;1-5(2,3)4/h18-19H,2-16H2,1H3;3-4H2,1-2H3;(H3,1,2,3,4). The van der Waals surface area contributed by atoms with Crippen molar-refractivity contribution < 1.29 is 43.9 Å². The van der Waals surface area contributed by atoms with E-state index in [0.717, 1.165) is 26.1 Å². The first-order valence-electron chi connectivity index (χ1n) is 11.4. The molecule has 31 heavy (non-hydrogen) atoms. The molecule has 0 amide bonds. The Morgan fingerprint density at radius 2 is 1.03 bits per heavy atom. The summed E-state index contributed by atoms with van der Waals surface area (Å²) in [6, 6.07) is 0. The summed E-state index contributed by atoms with van der Waals surface area (Å²) in [5.74, 6) is 0. The van der Waals surface area contributed by atoms with Crippen LogP contribution in [0.5, 0.6) is 0 Å². The van der Waals surface area contributed by atoms with E-state index in [9.17, 15) is 0 Å². The Hall–Kier alpha value is -0.130. The number of aliphatic hydroxyl groups excluding tert-OH is 2. The second-order valence-corrected chi connectivity index (χ2v) is 7.67. The minimum Gasteiger partial charge on any atom is -0.394 e. The van der Waals surface area contributed by atoms with Crippen LogP contribution in [0.1, 0.15) is 85.0 Å². The van der Waals surface area contributed by atoms with E-state index >= 15 is 0 Å². The van der Waals surface area contributed by atoms with Crippen LogP contribution < -0.4 is 0 Å². The van der Waals surface area contributed by atoms with E-state index in [2.05, 4.69) is 6.92 Å². The number of nitrogens with zero attached hydrogens (tertiary/aromatic N) is 1. The third-order valence-corrected chi connectivity index (χ3v) is 3.76. The molecule has 0 aromatic carbocycles. The maximum Gasteiger partial charge on any atom is 0.466 e. The average molecular weight is 478 g/mol. The smallest absolute Gasteiger partial charge is 0.394 e. The van der Waals surface area contributed by atoms with Gasteiger partial charge in [0.25, 0.3) is 0 Å². The second-order valence-electron chi connectivity index (χ2n) is 6.65. The van der Waals surface area contributed by atoms with Gasteiger partial charge in [-0.2, -0.15) is 0 Å². The molecule has 0 saturated carbocycles. The van der Waals surface area contributed by atoms with Gasteiger partial charge in [-0.15, -0.1) is 0 Å². The molecule has 10 nitrogen and oxygen atoms in total. The van der Waals surface area contributed by atoms with Gasteiger partial charge in [0.15, 0.2) is 0 Å². The number of hydrogen-bond acceptors (Lipinski definition) is 7. The molecule has 0 aromatic heterocycles. The van der Waals surface area contributed by atoms with Crippen LogP contribution in [0, 0.1) is 0 Å². The largest absolute Gasteiger partial charge is 0.466 e. The predicted molar refractivity (Wildman–Crippen MR) is 121 cm³/mol. The first-order chi connectivity index (χ1) is 14.8. The summed E-state index contributed by atoms with van der Waals surface area (Å²) >= 11 is 0. The summed E-state index contributed by atoms with van der Waals surface area (Å²) in [4.78, 5) is 32.0. The number of phosphoric acid groups is 1. The van der Waals surface area contributed by atoms with Gasteiger partial charge in [0.05, 0.1) is 33.0 Å². The summed E-state index contributed by atoms with van der Waals surface area (Å²) in [5.41, 5.74) is 0. The number of rotatable bonds is 19. The van der Waals surface area contributed by atoms with Crippen molar-refractivity contribution >= 4 is 7.82 Å². The topological polar surface area (TPSA) is 149 Å². The van der Waals surface area contributed by atoms with Gasteiger partial charge in [-0.1, -0.05) is 69.9 Å². The van der Waals surface area contributed by atoms with Gasteiger partial charge in [0.1, 0.15) is 0 Å². The normalized spacial score (nSPS) is 11.0. The van der Waals surface area contributed by atoms with Crippen LogP contribution in [0.3, 0.4) is 0 Å². The first kappa shape index (κ1) is 35.5. The molecule has 0 aliphatic heterocycles. The molecule has 0 fully saturated rings. The SMILES string of the molecule is CCCCCCCCCCCCN(OCCO)OCCO.CCOCC.O=P(O)(O)O. The van der Waals surface area contributed by atoms with Gasteiger partial charge >= 0.3 is 7.82 Å². The fraction of sp³-hybridized carbons (Fsp3) is 1.00. The van der Waals surface area contributed by atoms with E-state index in [4.69, 9.17) is 43.9 Å². The van der Waals surface area contributed by atoms with Crippen molar-refractivity contribution in [3.8, 4) is 0 Å². The van der Waals surface area contributed by atoms with Crippen LogP contribution in [0.25, 0.3) is 0 Å². The van der Waals surface area contributed by atoms with Crippen molar-refractivity contribution in [2.75, 3.05) is 46.2 Å². The molecule has 0 rings (SSSR count). The number of aliphatic hydroxyl groups is 2. The van der Waals surface area contributed by atoms with E-state index in [0.29, 0.717) is 6.54 Å². The molecule has 0 saturated heterocycles. The zero-order valence-electron chi connectivity index (χ0n) is 19.8. The van der Waals surface area contributed by atoms with Crippen LogP contribution in [-0.2, 0) is 19.0 Å². The summed E-state index contributed by atoms with van der Waals surface area (Å²) in [5, 5.41) is 18.8. The second kappa shape index (κ2) is 29.9. The highest BCUT2D eigenvalue weighted by Crippen LogP contribution is 2.25. The number of hydroxylamine groups is 2. The van der Waals surface area contributed by atoms with E-state index in [1.165, 1.54) is 56.6 Å². The van der Waals surface area contributed by atoms with Gasteiger partial charge < -0.3 is 29.6 Å². The van der Waals surface area contributed by atoms with Crippen LogP contribution in [-0.4, -0.2) is 76.3 Å². The summed E-state index contributed by atoms with van der Waals surface area (Å²) in [6.45, 7) is 8.98. The number of unbranched alkanes of at least 4 members (excludes halogenated alkanes) is 9. The Balaban J connectivity index is -0.000000646. The highest BCUT2D eigenvalue weighted by molar-refractivity contribution is 7.45. The summed E-state index contributed by atoms with van der Waals surface area (Å²) in [6.07, 6.45) is 12.9. The molecule has 0 atom stereocenters. The van der Waals surface area contributed by atoms with Gasteiger partial charge in [0.2, 0.25) is 0 Å². The zero-order chi connectivity index (χ0) is 24.2. The van der Waals surface area contributed by atoms with Crippen molar-refractivity contribution in [1.29, 1.82) is 0 Å². The van der Waals surface area contributed by atoms with Crippen molar-refractivity contribution in [2.24, 2.45) is 0 Å².